The zero-order chi connectivity index (χ0) is 34.7. The molecule has 10 nitrogen and oxygen atoms in total. The minimum atomic E-state index is -0.607. The van der Waals surface area contributed by atoms with Crippen molar-refractivity contribution in [1.82, 2.24) is 25.4 Å². The molecule has 0 radical (unpaired) electrons. The van der Waals surface area contributed by atoms with Crippen LogP contribution in [0.3, 0.4) is 0 Å². The van der Waals surface area contributed by atoms with Crippen molar-refractivity contribution in [2.24, 2.45) is 17.8 Å². The second kappa shape index (κ2) is 18.3. The van der Waals surface area contributed by atoms with E-state index in [-0.39, 0.29) is 59.6 Å². The highest BCUT2D eigenvalue weighted by Crippen LogP contribution is 2.22. The lowest BCUT2D eigenvalue weighted by molar-refractivity contribution is -0.145. The van der Waals surface area contributed by atoms with Gasteiger partial charge in [-0.1, -0.05) is 71.4 Å². The maximum atomic E-state index is 13.8. The van der Waals surface area contributed by atoms with Crippen molar-refractivity contribution in [3.8, 4) is 0 Å². The summed E-state index contributed by atoms with van der Waals surface area (Å²) in [6.45, 7) is 10.8. The van der Waals surface area contributed by atoms with E-state index < -0.39 is 6.04 Å². The Kier molecular flexibility index (Phi) is 14.8. The molecule has 1 saturated heterocycles. The van der Waals surface area contributed by atoms with Crippen molar-refractivity contribution in [2.45, 2.75) is 104 Å². The van der Waals surface area contributed by atoms with Crippen LogP contribution in [-0.2, 0) is 32.0 Å². The molecule has 47 heavy (non-hydrogen) atoms. The second-order valence-electron chi connectivity index (χ2n) is 13.7. The zero-order valence-electron chi connectivity index (χ0n) is 29.5. The number of amides is 3. The molecule has 1 aromatic carbocycles. The number of hydrogen-bond donors (Lipinski definition) is 2. The zero-order valence-corrected chi connectivity index (χ0v) is 30.3. The Hall–Kier alpha value is -3.31. The van der Waals surface area contributed by atoms with Crippen LogP contribution < -0.4 is 10.6 Å². The average molecular weight is 670 g/mol. The number of esters is 1. The summed E-state index contributed by atoms with van der Waals surface area (Å²) in [5, 5.41) is 8.75. The number of benzene rings is 1. The molecule has 1 aromatic heterocycles. The summed E-state index contributed by atoms with van der Waals surface area (Å²) in [6.07, 6.45) is 5.21. The van der Waals surface area contributed by atoms with Gasteiger partial charge in [0.25, 0.3) is 5.91 Å². The molecular formula is C36H55N5O5S. The third-order valence-electron chi connectivity index (χ3n) is 9.26. The predicted octanol–water partition coefficient (Wildman–Crippen LogP) is 4.72. The highest BCUT2D eigenvalue weighted by atomic mass is 32.1. The van der Waals surface area contributed by atoms with Gasteiger partial charge in [-0.25, -0.2) is 4.98 Å². The molecule has 3 amide bonds. The summed E-state index contributed by atoms with van der Waals surface area (Å²) in [6, 6.07) is 8.70. The molecule has 0 aliphatic carbocycles. The Morgan fingerprint density at radius 2 is 1.74 bits per heavy atom. The lowest BCUT2D eigenvalue weighted by atomic mass is 9.95. The Balaban J connectivity index is 1.64. The number of aromatic nitrogens is 1. The van der Waals surface area contributed by atoms with Gasteiger partial charge in [0.1, 0.15) is 11.7 Å². The third kappa shape index (κ3) is 11.1. The van der Waals surface area contributed by atoms with Gasteiger partial charge in [-0.3, -0.25) is 24.1 Å². The topological polar surface area (TPSA) is 121 Å². The van der Waals surface area contributed by atoms with E-state index in [0.29, 0.717) is 31.4 Å². The van der Waals surface area contributed by atoms with E-state index in [1.54, 1.807) is 17.2 Å². The maximum absolute atomic E-state index is 13.8. The summed E-state index contributed by atoms with van der Waals surface area (Å²) in [5.74, 6) is -1.01. The Labute approximate surface area is 285 Å². The van der Waals surface area contributed by atoms with Gasteiger partial charge in [0.15, 0.2) is 0 Å². The van der Waals surface area contributed by atoms with Crippen molar-refractivity contribution in [1.29, 1.82) is 0 Å². The molecule has 0 bridgehead atoms. The van der Waals surface area contributed by atoms with Gasteiger partial charge in [-0.05, 0) is 63.1 Å². The normalized spacial score (nSPS) is 17.9. The first-order valence-electron chi connectivity index (χ1n) is 17.0. The van der Waals surface area contributed by atoms with E-state index in [2.05, 4.69) is 34.4 Å². The molecular weight excluding hydrogens is 614 g/mol. The van der Waals surface area contributed by atoms with Crippen LogP contribution in [0.1, 0.15) is 87.8 Å². The molecule has 0 saturated carbocycles. The minimum Gasteiger partial charge on any atom is -0.469 e. The van der Waals surface area contributed by atoms with Gasteiger partial charge < -0.3 is 20.3 Å². The molecule has 260 valence electrons. The van der Waals surface area contributed by atoms with E-state index in [4.69, 9.17) is 4.74 Å². The lowest BCUT2D eigenvalue weighted by Gasteiger charge is -2.37. The van der Waals surface area contributed by atoms with Crippen LogP contribution in [0.4, 0.5) is 0 Å². The third-order valence-corrected chi connectivity index (χ3v) is 10.2. The van der Waals surface area contributed by atoms with Crippen LogP contribution in [0, 0.1) is 17.8 Å². The molecule has 1 aliphatic rings. The SMILES string of the molecule is COC(=O)[C@@H](C)C[C@H](Cc1ccccc1)NC(=O)c1csc(CCC(C(C)C)N(C)C(=O)[C@@H](NC(=O)[C@H]2CCCCN2C)C(C)C)n1. The van der Waals surface area contributed by atoms with Crippen molar-refractivity contribution >= 4 is 35.0 Å². The largest absolute Gasteiger partial charge is 0.469 e. The summed E-state index contributed by atoms with van der Waals surface area (Å²) < 4.78 is 4.91. The van der Waals surface area contributed by atoms with Crippen LogP contribution in [0.5, 0.6) is 0 Å². The minimum absolute atomic E-state index is 0.0584. The van der Waals surface area contributed by atoms with Gasteiger partial charge in [0, 0.05) is 30.9 Å². The average Bonchev–Trinajstić information content (AvgIpc) is 3.52. The van der Waals surface area contributed by atoms with Gasteiger partial charge in [0.05, 0.1) is 24.1 Å². The molecule has 1 aliphatic heterocycles. The first-order valence-corrected chi connectivity index (χ1v) is 17.8. The maximum Gasteiger partial charge on any atom is 0.308 e. The fraction of sp³-hybridized carbons (Fsp3) is 0.639. The number of nitrogens with zero attached hydrogens (tertiary/aromatic N) is 3. The Morgan fingerprint density at radius 3 is 2.36 bits per heavy atom. The van der Waals surface area contributed by atoms with E-state index in [9.17, 15) is 19.2 Å². The molecule has 2 heterocycles. The predicted molar refractivity (Wildman–Crippen MR) is 186 cm³/mol. The smallest absolute Gasteiger partial charge is 0.308 e. The number of likely N-dealkylation sites (N-methyl/N-ethyl adjacent to an activating group) is 2. The van der Waals surface area contributed by atoms with Crippen LogP contribution in [0.15, 0.2) is 35.7 Å². The number of aryl methyl sites for hydroxylation is 1. The number of hydrogen-bond acceptors (Lipinski definition) is 8. The Morgan fingerprint density at radius 1 is 1.04 bits per heavy atom. The number of rotatable bonds is 16. The highest BCUT2D eigenvalue weighted by Gasteiger charge is 2.35. The van der Waals surface area contributed by atoms with Crippen molar-refractivity contribution in [3.05, 3.63) is 52.0 Å². The molecule has 3 rings (SSSR count). The number of nitrogens with one attached hydrogen (secondary N) is 2. The number of ether oxygens (including phenoxy) is 1. The number of thiazole rings is 1. The molecule has 1 unspecified atom stereocenters. The van der Waals surface area contributed by atoms with E-state index >= 15 is 0 Å². The van der Waals surface area contributed by atoms with Gasteiger partial charge in [-0.15, -0.1) is 11.3 Å². The molecule has 11 heteroatoms. The van der Waals surface area contributed by atoms with Crippen LogP contribution in [-0.4, -0.2) is 90.4 Å². The van der Waals surface area contributed by atoms with Crippen LogP contribution >= 0.6 is 11.3 Å². The Bertz CT molecular complexity index is 1320. The molecule has 2 aromatic rings. The quantitative estimate of drug-likeness (QED) is 0.248. The number of carbonyl (C=O) groups is 4. The lowest BCUT2D eigenvalue weighted by Crippen LogP contribution is -2.57. The molecule has 1 fully saturated rings. The van der Waals surface area contributed by atoms with Gasteiger partial charge in [-0.2, -0.15) is 0 Å². The van der Waals surface area contributed by atoms with E-state index in [1.165, 1.54) is 18.4 Å². The summed E-state index contributed by atoms with van der Waals surface area (Å²) in [4.78, 5) is 61.0. The summed E-state index contributed by atoms with van der Waals surface area (Å²) in [5.41, 5.74) is 1.40. The number of piperidine rings is 1. The van der Waals surface area contributed by atoms with E-state index in [1.807, 2.05) is 58.3 Å². The van der Waals surface area contributed by atoms with Crippen molar-refractivity contribution in [3.63, 3.8) is 0 Å². The standard InChI is InChI=1S/C36H55N5O5S/c1-23(2)29(41(7)35(44)32(24(3)4)39-34(43)30-16-12-13-19-40(30)6)17-18-31-38-28(22-47-31)33(42)37-27(20-25(5)36(45)46-8)21-26-14-10-9-11-15-26/h9-11,14-15,22-25,27,29-30,32H,12-13,16-21H2,1-8H3,(H,37,42)(H,39,43)/t25-,27+,29?,30+,32-/m0/s1. The molecule has 5 atom stereocenters. The number of carbonyl (C=O) groups excluding carboxylic acids is 4. The van der Waals surface area contributed by atoms with Crippen LogP contribution in [0.25, 0.3) is 0 Å². The fourth-order valence-corrected chi connectivity index (χ4v) is 7.20. The molecule has 0 spiro atoms. The van der Waals surface area contributed by atoms with Crippen LogP contribution in [0.2, 0.25) is 0 Å². The van der Waals surface area contributed by atoms with Crippen molar-refractivity contribution < 1.29 is 23.9 Å². The highest BCUT2D eigenvalue weighted by molar-refractivity contribution is 7.09. The first kappa shape index (κ1) is 38.1. The van der Waals surface area contributed by atoms with Crippen molar-refractivity contribution in [2.75, 3.05) is 27.7 Å². The van der Waals surface area contributed by atoms with E-state index in [0.717, 1.165) is 36.4 Å². The molecule has 2 N–H and O–H groups in total. The summed E-state index contributed by atoms with van der Waals surface area (Å²) >= 11 is 1.43. The summed E-state index contributed by atoms with van der Waals surface area (Å²) in [7, 11) is 5.17. The number of methoxy groups -OCH3 is 1. The van der Waals surface area contributed by atoms with Gasteiger partial charge in [0.2, 0.25) is 11.8 Å². The first-order chi connectivity index (χ1) is 22.3. The van der Waals surface area contributed by atoms with Gasteiger partial charge >= 0.3 is 5.97 Å². The fourth-order valence-electron chi connectivity index (χ4n) is 6.40. The monoisotopic (exact) mass is 669 g/mol. The number of likely N-dealkylation sites (tertiary alicyclic amines) is 1. The second-order valence-corrected chi connectivity index (χ2v) is 14.6.